The molecule has 5 N–H and O–H groups in total. The van der Waals surface area contributed by atoms with Crippen molar-refractivity contribution in [3.05, 3.63) is 0 Å². The molecule has 0 fully saturated rings. The van der Waals surface area contributed by atoms with E-state index < -0.39 is 36.9 Å². The molecule has 1 amide bonds. The van der Waals surface area contributed by atoms with Gasteiger partial charge in [-0.15, -0.1) is 6.42 Å². The first kappa shape index (κ1) is 15.5. The maximum Gasteiger partial charge on any atom is 0.232 e. The van der Waals surface area contributed by atoms with E-state index in [0.717, 1.165) is 0 Å². The average molecular weight is 245 g/mol. The minimum absolute atomic E-state index is 0.201. The van der Waals surface area contributed by atoms with Crippen molar-refractivity contribution in [2.24, 2.45) is 0 Å². The number of hydrogen-bond donors (Lipinski definition) is 5. The van der Waals surface area contributed by atoms with Gasteiger partial charge in [-0.3, -0.25) is 4.79 Å². The number of aliphatic hydroxyl groups is 4. The fourth-order valence-corrected chi connectivity index (χ4v) is 1.08. The van der Waals surface area contributed by atoms with Gasteiger partial charge in [0.05, 0.1) is 13.0 Å². The third-order valence-electron chi connectivity index (χ3n) is 2.04. The van der Waals surface area contributed by atoms with Crippen LogP contribution in [0.4, 0.5) is 0 Å². The fraction of sp³-hybridized carbons (Fsp3) is 0.600. The van der Waals surface area contributed by atoms with Gasteiger partial charge in [0.2, 0.25) is 5.91 Å². The number of carbonyl (C=O) groups excluding carboxylic acids is 2. The van der Waals surface area contributed by atoms with Crippen molar-refractivity contribution in [2.75, 3.05) is 6.61 Å². The highest BCUT2D eigenvalue weighted by molar-refractivity contribution is 5.81. The molecular formula is C10H15NO6. The number of amides is 1. The molecule has 4 atom stereocenters. The molecule has 0 saturated carbocycles. The predicted octanol–water partition coefficient (Wildman–Crippen LogP) is -3.23. The van der Waals surface area contributed by atoms with Crippen LogP contribution in [0.5, 0.6) is 0 Å². The molecule has 96 valence electrons. The highest BCUT2D eigenvalue weighted by Gasteiger charge is 2.31. The molecule has 0 saturated heterocycles. The van der Waals surface area contributed by atoms with Gasteiger partial charge in [0.25, 0.3) is 0 Å². The van der Waals surface area contributed by atoms with Crippen molar-refractivity contribution in [3.8, 4) is 12.3 Å². The average Bonchev–Trinajstić information content (AvgIpc) is 2.33. The van der Waals surface area contributed by atoms with Gasteiger partial charge in [-0.2, -0.15) is 0 Å². The zero-order chi connectivity index (χ0) is 13.4. The summed E-state index contributed by atoms with van der Waals surface area (Å²) in [5.74, 6) is 1.37. The molecule has 0 bridgehead atoms. The van der Waals surface area contributed by atoms with Crippen LogP contribution in [-0.2, 0) is 9.59 Å². The molecule has 7 heteroatoms. The van der Waals surface area contributed by atoms with Crippen molar-refractivity contribution in [3.63, 3.8) is 0 Å². The quantitative estimate of drug-likeness (QED) is 0.237. The van der Waals surface area contributed by atoms with Crippen LogP contribution in [0.15, 0.2) is 0 Å². The van der Waals surface area contributed by atoms with Crippen molar-refractivity contribution in [1.29, 1.82) is 0 Å². The predicted molar refractivity (Wildman–Crippen MR) is 56.6 cm³/mol. The fourth-order valence-electron chi connectivity index (χ4n) is 1.08. The second-order valence-electron chi connectivity index (χ2n) is 3.34. The Kier molecular flexibility index (Phi) is 7.09. The van der Waals surface area contributed by atoms with E-state index >= 15 is 0 Å². The van der Waals surface area contributed by atoms with Crippen LogP contribution in [0, 0.1) is 12.3 Å². The Labute approximate surface area is 98.1 Å². The molecule has 0 aromatic rings. The topological polar surface area (TPSA) is 127 Å². The lowest BCUT2D eigenvalue weighted by atomic mass is 10.0. The van der Waals surface area contributed by atoms with Gasteiger partial charge in [0.15, 0.2) is 0 Å². The lowest BCUT2D eigenvalue weighted by molar-refractivity contribution is -0.130. The van der Waals surface area contributed by atoms with Crippen molar-refractivity contribution in [1.82, 2.24) is 5.32 Å². The Morgan fingerprint density at radius 3 is 2.35 bits per heavy atom. The van der Waals surface area contributed by atoms with E-state index in [1.807, 2.05) is 5.92 Å². The third-order valence-corrected chi connectivity index (χ3v) is 2.04. The minimum Gasteiger partial charge on any atom is -0.394 e. The molecule has 17 heavy (non-hydrogen) atoms. The van der Waals surface area contributed by atoms with Crippen molar-refractivity contribution >= 4 is 12.2 Å². The van der Waals surface area contributed by atoms with Gasteiger partial charge < -0.3 is 30.5 Å². The van der Waals surface area contributed by atoms with E-state index in [0.29, 0.717) is 0 Å². The second kappa shape index (κ2) is 7.76. The first-order chi connectivity index (χ1) is 7.97. The summed E-state index contributed by atoms with van der Waals surface area (Å²) in [5.41, 5.74) is 0. The maximum absolute atomic E-state index is 11.1. The van der Waals surface area contributed by atoms with E-state index in [1.54, 1.807) is 0 Å². The number of nitrogens with one attached hydrogen (secondary N) is 1. The Hall–Kier alpha value is -1.46. The second-order valence-corrected chi connectivity index (χ2v) is 3.34. The van der Waals surface area contributed by atoms with Crippen LogP contribution in [0.25, 0.3) is 0 Å². The molecule has 0 heterocycles. The molecule has 0 rings (SSSR count). The minimum atomic E-state index is -1.76. The Balaban J connectivity index is 4.50. The van der Waals surface area contributed by atoms with Crippen LogP contribution in [0.1, 0.15) is 6.42 Å². The maximum atomic E-state index is 11.1. The summed E-state index contributed by atoms with van der Waals surface area (Å²) in [6, 6.07) is -1.41. The molecule has 0 aliphatic carbocycles. The third kappa shape index (κ3) is 4.93. The molecule has 0 aliphatic heterocycles. The largest absolute Gasteiger partial charge is 0.394 e. The van der Waals surface area contributed by atoms with E-state index in [-0.39, 0.29) is 12.7 Å². The lowest BCUT2D eigenvalue weighted by Crippen LogP contribution is -2.53. The summed E-state index contributed by atoms with van der Waals surface area (Å²) in [5, 5.41) is 38.5. The first-order valence-corrected chi connectivity index (χ1v) is 4.81. The molecular weight excluding hydrogens is 230 g/mol. The van der Waals surface area contributed by atoms with Crippen molar-refractivity contribution in [2.45, 2.75) is 30.8 Å². The molecule has 0 aromatic carbocycles. The summed E-state index contributed by atoms with van der Waals surface area (Å²) < 4.78 is 0. The molecule has 0 aliphatic rings. The summed E-state index contributed by atoms with van der Waals surface area (Å²) >= 11 is 0. The highest BCUT2D eigenvalue weighted by Crippen LogP contribution is 2.04. The smallest absolute Gasteiger partial charge is 0.232 e. The Morgan fingerprint density at radius 1 is 1.35 bits per heavy atom. The normalized spacial score (nSPS) is 17.4. The number of terminal acetylenes is 1. The molecule has 0 radical (unpaired) electrons. The summed E-state index contributed by atoms with van der Waals surface area (Å²) in [4.78, 5) is 21.7. The number of aldehydes is 1. The number of hydrogen-bond acceptors (Lipinski definition) is 6. The zero-order valence-electron chi connectivity index (χ0n) is 8.98. The molecule has 0 aromatic heterocycles. The van der Waals surface area contributed by atoms with E-state index in [2.05, 4.69) is 5.32 Å². The van der Waals surface area contributed by atoms with Gasteiger partial charge >= 0.3 is 0 Å². The van der Waals surface area contributed by atoms with Crippen LogP contribution in [0.3, 0.4) is 0 Å². The monoisotopic (exact) mass is 245 g/mol. The standard InChI is InChI=1S/C10H15NO6/c1-2-3-8(15)11-6(4-12)9(16)10(17)7(14)5-13/h1,4,6-7,9-10,13-14,16-17H,3,5H2,(H,11,15)/t6-,7+,9+,10+/m0/s1. The van der Waals surface area contributed by atoms with Gasteiger partial charge in [-0.1, -0.05) is 5.92 Å². The summed E-state index contributed by atoms with van der Waals surface area (Å²) in [6.07, 6.45) is -0.329. The Morgan fingerprint density at radius 2 is 1.94 bits per heavy atom. The number of aliphatic hydroxyl groups excluding tert-OH is 4. The molecule has 7 nitrogen and oxygen atoms in total. The summed E-state index contributed by atoms with van der Waals surface area (Å²) in [6.45, 7) is -0.790. The van der Waals surface area contributed by atoms with E-state index in [1.165, 1.54) is 0 Å². The summed E-state index contributed by atoms with van der Waals surface area (Å²) in [7, 11) is 0. The van der Waals surface area contributed by atoms with Crippen molar-refractivity contribution < 1.29 is 30.0 Å². The zero-order valence-corrected chi connectivity index (χ0v) is 8.98. The van der Waals surface area contributed by atoms with Gasteiger partial charge in [0.1, 0.15) is 30.6 Å². The number of rotatable bonds is 7. The van der Waals surface area contributed by atoms with E-state index in [4.69, 9.17) is 16.6 Å². The molecule has 0 spiro atoms. The number of carbonyl (C=O) groups is 2. The Bertz CT molecular complexity index is 300. The SMILES string of the molecule is C#CCC(=O)N[C@@H](C=O)[C@@H](O)[C@H](O)[C@H](O)CO. The van der Waals surface area contributed by atoms with Crippen LogP contribution >= 0.6 is 0 Å². The van der Waals surface area contributed by atoms with Crippen LogP contribution < -0.4 is 5.32 Å². The van der Waals surface area contributed by atoms with Gasteiger partial charge in [-0.05, 0) is 0 Å². The van der Waals surface area contributed by atoms with Gasteiger partial charge in [0, 0.05) is 0 Å². The highest BCUT2D eigenvalue weighted by atomic mass is 16.4. The van der Waals surface area contributed by atoms with Gasteiger partial charge in [-0.25, -0.2) is 0 Å². The van der Waals surface area contributed by atoms with Crippen LogP contribution in [0.2, 0.25) is 0 Å². The van der Waals surface area contributed by atoms with Crippen LogP contribution in [-0.4, -0.2) is 63.6 Å². The molecule has 0 unspecified atom stereocenters. The lowest BCUT2D eigenvalue weighted by Gasteiger charge is -2.25. The first-order valence-electron chi connectivity index (χ1n) is 4.81. The van der Waals surface area contributed by atoms with E-state index in [9.17, 15) is 19.8 Å².